The Bertz CT molecular complexity index is 1100. The number of piperidine rings is 2. The van der Waals surface area contributed by atoms with E-state index in [-0.39, 0.29) is 70.4 Å². The highest BCUT2D eigenvalue weighted by molar-refractivity contribution is 5.72. The Balaban J connectivity index is 1.50. The van der Waals surface area contributed by atoms with Crippen molar-refractivity contribution in [1.29, 1.82) is 0 Å². The van der Waals surface area contributed by atoms with Crippen LogP contribution in [0.1, 0.15) is 60.3 Å². The van der Waals surface area contributed by atoms with E-state index in [4.69, 9.17) is 14.2 Å². The number of aliphatic hydroxyl groups is 1. The molecule has 196 valence electrons. The molecule has 9 rings (SSSR count). The standard InChI is InChI=1S/C28H37NO7/c1-11(2)24(32)36-23-17-20-26(6)8-7-9-27(20)21-19(35-14(5)31)15-12(3)10-28(21,23)16(18(15)34-13(4)30)22(27)29(17)25(26)33/h11,15-23,25,33H,3,7-10H2,1-2,4-6H3/t15-,16+,17+,18+,19+,20+,21-,22+,23+,25+,26+,27-,28-/m0/s1. The van der Waals surface area contributed by atoms with Crippen LogP contribution in [0.5, 0.6) is 0 Å². The van der Waals surface area contributed by atoms with Gasteiger partial charge < -0.3 is 19.3 Å². The van der Waals surface area contributed by atoms with Gasteiger partial charge in [-0.25, -0.2) is 0 Å². The van der Waals surface area contributed by atoms with E-state index in [0.29, 0.717) is 6.42 Å². The summed E-state index contributed by atoms with van der Waals surface area (Å²) in [5, 5.41) is 11.8. The Morgan fingerprint density at radius 2 is 1.69 bits per heavy atom. The molecule has 3 saturated heterocycles. The predicted octanol–water partition coefficient (Wildman–Crippen LogP) is 2.43. The summed E-state index contributed by atoms with van der Waals surface area (Å²) in [6.07, 6.45) is 1.41. The lowest BCUT2D eigenvalue weighted by molar-refractivity contribution is -0.267. The maximum atomic E-state index is 13.2. The normalized spacial score (nSPS) is 56.3. The van der Waals surface area contributed by atoms with Crippen LogP contribution in [0, 0.1) is 45.8 Å². The molecule has 1 unspecified atom stereocenters. The van der Waals surface area contributed by atoms with Gasteiger partial charge >= 0.3 is 17.9 Å². The number of fused-ring (bicyclic) bond motifs is 1. The lowest BCUT2D eigenvalue weighted by Gasteiger charge is -2.67. The maximum absolute atomic E-state index is 13.2. The van der Waals surface area contributed by atoms with Crippen LogP contribution < -0.4 is 0 Å². The zero-order chi connectivity index (χ0) is 25.7. The number of ether oxygens (including phenoxy) is 3. The topological polar surface area (TPSA) is 102 Å². The van der Waals surface area contributed by atoms with Crippen LogP contribution in [0.2, 0.25) is 0 Å². The zero-order valence-electron chi connectivity index (χ0n) is 21.7. The molecule has 8 nitrogen and oxygen atoms in total. The molecular weight excluding hydrogens is 462 g/mol. The predicted molar refractivity (Wildman–Crippen MR) is 126 cm³/mol. The van der Waals surface area contributed by atoms with Gasteiger partial charge in [-0.15, -0.1) is 0 Å². The molecule has 6 aliphatic carbocycles. The van der Waals surface area contributed by atoms with Crippen molar-refractivity contribution in [2.24, 2.45) is 45.8 Å². The van der Waals surface area contributed by atoms with Gasteiger partial charge in [0.15, 0.2) is 0 Å². The Morgan fingerprint density at radius 1 is 1.03 bits per heavy atom. The first-order valence-electron chi connectivity index (χ1n) is 13.6. The van der Waals surface area contributed by atoms with E-state index in [1.165, 1.54) is 13.8 Å². The molecule has 8 heteroatoms. The van der Waals surface area contributed by atoms with Gasteiger partial charge in [0.2, 0.25) is 0 Å². The van der Waals surface area contributed by atoms with E-state index in [9.17, 15) is 19.5 Å². The van der Waals surface area contributed by atoms with Gasteiger partial charge in [-0.2, -0.15) is 0 Å². The number of aliphatic hydroxyl groups excluding tert-OH is 1. The van der Waals surface area contributed by atoms with Crippen LogP contribution in [0.15, 0.2) is 12.2 Å². The molecule has 3 heterocycles. The lowest BCUT2D eigenvalue weighted by Crippen LogP contribution is -2.74. The first-order valence-corrected chi connectivity index (χ1v) is 13.6. The third-order valence-electron chi connectivity index (χ3n) is 11.7. The fourth-order valence-corrected chi connectivity index (χ4v) is 11.5. The SMILES string of the molecule is C=C1C[C@]23[C@@H]4[C@H](OC(C)=O)[C@H]1[C@@H](OC(C)=O)[C@H]2[C@]12CCC[C@]5(C)[C@H]1[C@H]([C@H]3OC(=O)C(C)C)N([C@@H]5O)[C@H]42. The quantitative estimate of drug-likeness (QED) is 0.358. The van der Waals surface area contributed by atoms with Crippen LogP contribution in [-0.4, -0.2) is 64.5 Å². The molecule has 3 aliphatic heterocycles. The van der Waals surface area contributed by atoms with Crippen molar-refractivity contribution in [1.82, 2.24) is 4.90 Å². The van der Waals surface area contributed by atoms with Crippen LogP contribution in [-0.2, 0) is 28.6 Å². The monoisotopic (exact) mass is 499 g/mol. The molecule has 36 heavy (non-hydrogen) atoms. The van der Waals surface area contributed by atoms with Gasteiger partial charge in [0, 0.05) is 42.6 Å². The van der Waals surface area contributed by atoms with Gasteiger partial charge in [-0.1, -0.05) is 39.3 Å². The average Bonchev–Trinajstić information content (AvgIpc) is 3.21. The zero-order valence-corrected chi connectivity index (χ0v) is 21.7. The van der Waals surface area contributed by atoms with E-state index in [1.54, 1.807) is 0 Å². The van der Waals surface area contributed by atoms with E-state index in [2.05, 4.69) is 18.4 Å². The average molecular weight is 500 g/mol. The minimum atomic E-state index is -0.644. The highest BCUT2D eigenvalue weighted by Crippen LogP contribution is 2.88. The molecule has 2 spiro atoms. The van der Waals surface area contributed by atoms with Gasteiger partial charge in [-0.05, 0) is 30.6 Å². The van der Waals surface area contributed by atoms with Gasteiger partial charge in [0.05, 0.1) is 17.9 Å². The highest BCUT2D eigenvalue weighted by Gasteiger charge is 2.95. The van der Waals surface area contributed by atoms with E-state index in [1.807, 2.05) is 13.8 Å². The summed E-state index contributed by atoms with van der Waals surface area (Å²) >= 11 is 0. The Labute approximate surface area is 211 Å². The molecule has 0 radical (unpaired) electrons. The van der Waals surface area contributed by atoms with Crippen molar-refractivity contribution >= 4 is 17.9 Å². The number of rotatable bonds is 4. The van der Waals surface area contributed by atoms with Crippen molar-refractivity contribution in [2.75, 3.05) is 0 Å². The van der Waals surface area contributed by atoms with Gasteiger partial charge in [-0.3, -0.25) is 19.3 Å². The molecule has 14 atom stereocenters. The minimum absolute atomic E-state index is 0.00427. The smallest absolute Gasteiger partial charge is 0.308 e. The summed E-state index contributed by atoms with van der Waals surface area (Å²) in [4.78, 5) is 40.4. The number of hydrogen-bond donors (Lipinski definition) is 1. The number of esters is 3. The summed E-state index contributed by atoms with van der Waals surface area (Å²) in [7, 11) is 0. The van der Waals surface area contributed by atoms with E-state index in [0.717, 1.165) is 24.8 Å². The molecule has 0 aromatic carbocycles. The molecule has 6 saturated carbocycles. The molecule has 9 fully saturated rings. The van der Waals surface area contributed by atoms with E-state index < -0.39 is 30.0 Å². The molecule has 0 aromatic heterocycles. The second kappa shape index (κ2) is 6.73. The van der Waals surface area contributed by atoms with Crippen LogP contribution >= 0.6 is 0 Å². The second-order valence-electron chi connectivity index (χ2n) is 13.3. The molecule has 1 N–H and O–H groups in total. The number of nitrogens with zero attached hydrogens (tertiary/aromatic N) is 1. The number of carbonyl (C=O) groups is 3. The highest BCUT2D eigenvalue weighted by atomic mass is 16.6. The third kappa shape index (κ3) is 2.18. The lowest BCUT2D eigenvalue weighted by atomic mass is 9.39. The molecule has 0 amide bonds. The fourth-order valence-electron chi connectivity index (χ4n) is 11.5. The first-order chi connectivity index (χ1) is 16.9. The second-order valence-corrected chi connectivity index (χ2v) is 13.3. The van der Waals surface area contributed by atoms with Crippen molar-refractivity contribution in [3.63, 3.8) is 0 Å². The largest absolute Gasteiger partial charge is 0.461 e. The van der Waals surface area contributed by atoms with Gasteiger partial charge in [0.1, 0.15) is 24.5 Å². The molecular formula is C28H37NO7. The van der Waals surface area contributed by atoms with Crippen molar-refractivity contribution < 1.29 is 33.7 Å². The molecule has 9 bridgehead atoms. The van der Waals surface area contributed by atoms with Gasteiger partial charge in [0.25, 0.3) is 0 Å². The Hall–Kier alpha value is -1.93. The number of carbonyl (C=O) groups excluding carboxylic acids is 3. The van der Waals surface area contributed by atoms with Crippen LogP contribution in [0.3, 0.4) is 0 Å². The van der Waals surface area contributed by atoms with Crippen molar-refractivity contribution in [3.05, 3.63) is 12.2 Å². The maximum Gasteiger partial charge on any atom is 0.308 e. The Kier molecular flexibility index (Phi) is 4.34. The Morgan fingerprint density at radius 3 is 2.33 bits per heavy atom. The van der Waals surface area contributed by atoms with Crippen LogP contribution in [0.4, 0.5) is 0 Å². The summed E-state index contributed by atoms with van der Waals surface area (Å²) in [6, 6.07) is -0.0979. The summed E-state index contributed by atoms with van der Waals surface area (Å²) in [5.41, 5.74) is -0.141. The van der Waals surface area contributed by atoms with E-state index >= 15 is 0 Å². The molecule has 0 aromatic rings. The first kappa shape index (κ1) is 23.2. The third-order valence-corrected chi connectivity index (χ3v) is 11.7. The summed E-state index contributed by atoms with van der Waals surface area (Å²) < 4.78 is 18.7. The van der Waals surface area contributed by atoms with Crippen molar-refractivity contribution in [2.45, 2.75) is 96.9 Å². The van der Waals surface area contributed by atoms with Crippen LogP contribution in [0.25, 0.3) is 0 Å². The summed E-state index contributed by atoms with van der Waals surface area (Å²) in [6.45, 7) is 13.1. The molecule has 9 aliphatic rings. The van der Waals surface area contributed by atoms with Crippen molar-refractivity contribution in [3.8, 4) is 0 Å². The fraction of sp³-hybridized carbons (Fsp3) is 0.821. The number of hydrogen-bond acceptors (Lipinski definition) is 8. The minimum Gasteiger partial charge on any atom is -0.461 e. The summed E-state index contributed by atoms with van der Waals surface area (Å²) in [5.74, 6) is -1.61.